The summed E-state index contributed by atoms with van der Waals surface area (Å²) in [6.45, 7) is 5.93. The van der Waals surface area contributed by atoms with E-state index in [1.54, 1.807) is 24.1 Å². The Morgan fingerprint density at radius 2 is 1.79 bits per heavy atom. The van der Waals surface area contributed by atoms with Crippen molar-refractivity contribution in [3.05, 3.63) is 35.6 Å². The average molecular weight is 266 g/mol. The second-order valence-electron chi connectivity index (χ2n) is 5.34. The van der Waals surface area contributed by atoms with Crippen molar-refractivity contribution in [3.63, 3.8) is 0 Å². The SMILES string of the molecule is CC(C)C(N)CC(=O)N(C)C(C)c1ccc(F)cc1. The zero-order valence-corrected chi connectivity index (χ0v) is 12.1. The molecule has 0 aliphatic rings. The summed E-state index contributed by atoms with van der Waals surface area (Å²) in [5.74, 6) is 0.0169. The fourth-order valence-corrected chi connectivity index (χ4v) is 1.76. The zero-order chi connectivity index (χ0) is 14.6. The van der Waals surface area contributed by atoms with Crippen LogP contribution in [0.1, 0.15) is 38.8 Å². The number of rotatable bonds is 5. The molecule has 0 aliphatic heterocycles. The van der Waals surface area contributed by atoms with Gasteiger partial charge in [0.25, 0.3) is 0 Å². The monoisotopic (exact) mass is 266 g/mol. The number of halogens is 1. The lowest BCUT2D eigenvalue weighted by Gasteiger charge is -2.27. The van der Waals surface area contributed by atoms with Crippen molar-refractivity contribution >= 4 is 5.91 Å². The van der Waals surface area contributed by atoms with Crippen molar-refractivity contribution in [2.24, 2.45) is 11.7 Å². The van der Waals surface area contributed by atoms with Crippen LogP contribution in [0.2, 0.25) is 0 Å². The van der Waals surface area contributed by atoms with Crippen LogP contribution in [0.4, 0.5) is 4.39 Å². The Kier molecular flexibility index (Phi) is 5.48. The smallest absolute Gasteiger partial charge is 0.224 e. The fraction of sp³-hybridized carbons (Fsp3) is 0.533. The van der Waals surface area contributed by atoms with Gasteiger partial charge in [0.2, 0.25) is 5.91 Å². The van der Waals surface area contributed by atoms with E-state index in [0.717, 1.165) is 5.56 Å². The summed E-state index contributed by atoms with van der Waals surface area (Å²) < 4.78 is 12.9. The highest BCUT2D eigenvalue weighted by Crippen LogP contribution is 2.20. The van der Waals surface area contributed by atoms with Gasteiger partial charge in [0, 0.05) is 19.5 Å². The lowest BCUT2D eigenvalue weighted by Crippen LogP contribution is -2.37. The van der Waals surface area contributed by atoms with Gasteiger partial charge in [0.1, 0.15) is 5.82 Å². The van der Waals surface area contributed by atoms with Gasteiger partial charge in [0.15, 0.2) is 0 Å². The Morgan fingerprint density at radius 3 is 2.26 bits per heavy atom. The van der Waals surface area contributed by atoms with E-state index in [2.05, 4.69) is 0 Å². The first-order valence-electron chi connectivity index (χ1n) is 6.59. The maximum atomic E-state index is 12.9. The van der Waals surface area contributed by atoms with Crippen LogP contribution in [0.25, 0.3) is 0 Å². The highest BCUT2D eigenvalue weighted by Gasteiger charge is 2.20. The van der Waals surface area contributed by atoms with Gasteiger partial charge < -0.3 is 10.6 Å². The number of hydrogen-bond acceptors (Lipinski definition) is 2. The Balaban J connectivity index is 2.68. The molecule has 106 valence electrons. The molecule has 2 N–H and O–H groups in total. The van der Waals surface area contributed by atoms with Crippen LogP contribution in [0, 0.1) is 11.7 Å². The summed E-state index contributed by atoms with van der Waals surface area (Å²) in [5.41, 5.74) is 6.83. The van der Waals surface area contributed by atoms with Crippen LogP contribution in [0.3, 0.4) is 0 Å². The molecule has 2 atom stereocenters. The molecule has 0 aromatic heterocycles. The molecule has 0 bridgehead atoms. The summed E-state index contributed by atoms with van der Waals surface area (Å²) in [6, 6.07) is 5.99. The second-order valence-corrected chi connectivity index (χ2v) is 5.34. The van der Waals surface area contributed by atoms with Gasteiger partial charge in [-0.3, -0.25) is 4.79 Å². The van der Waals surface area contributed by atoms with Gasteiger partial charge >= 0.3 is 0 Å². The predicted molar refractivity (Wildman–Crippen MR) is 75.0 cm³/mol. The molecule has 1 amide bonds. The van der Waals surface area contributed by atoms with Gasteiger partial charge in [0.05, 0.1) is 6.04 Å². The molecule has 4 heteroatoms. The van der Waals surface area contributed by atoms with Crippen LogP contribution in [-0.2, 0) is 4.79 Å². The van der Waals surface area contributed by atoms with E-state index in [4.69, 9.17) is 5.73 Å². The van der Waals surface area contributed by atoms with Crippen LogP contribution in [-0.4, -0.2) is 23.9 Å². The van der Waals surface area contributed by atoms with E-state index >= 15 is 0 Å². The number of amides is 1. The van der Waals surface area contributed by atoms with Crippen molar-refractivity contribution in [2.75, 3.05) is 7.05 Å². The topological polar surface area (TPSA) is 46.3 Å². The lowest BCUT2D eigenvalue weighted by atomic mass is 10.0. The minimum Gasteiger partial charge on any atom is -0.339 e. The number of benzene rings is 1. The van der Waals surface area contributed by atoms with Crippen molar-refractivity contribution < 1.29 is 9.18 Å². The van der Waals surface area contributed by atoms with Gasteiger partial charge in [-0.1, -0.05) is 26.0 Å². The Labute approximate surface area is 114 Å². The number of hydrogen-bond donors (Lipinski definition) is 1. The van der Waals surface area contributed by atoms with Crippen molar-refractivity contribution in [1.82, 2.24) is 4.90 Å². The summed E-state index contributed by atoms with van der Waals surface area (Å²) in [6.07, 6.45) is 0.333. The largest absolute Gasteiger partial charge is 0.339 e. The zero-order valence-electron chi connectivity index (χ0n) is 12.1. The molecule has 1 aromatic rings. The third-order valence-electron chi connectivity index (χ3n) is 3.59. The number of carbonyl (C=O) groups is 1. The minimum atomic E-state index is -0.272. The fourth-order valence-electron chi connectivity index (χ4n) is 1.76. The van der Waals surface area contributed by atoms with E-state index in [0.29, 0.717) is 6.42 Å². The third kappa shape index (κ3) is 4.31. The van der Waals surface area contributed by atoms with E-state index < -0.39 is 0 Å². The van der Waals surface area contributed by atoms with E-state index in [1.807, 2.05) is 20.8 Å². The Morgan fingerprint density at radius 1 is 1.26 bits per heavy atom. The maximum Gasteiger partial charge on any atom is 0.224 e. The van der Waals surface area contributed by atoms with Gasteiger partial charge in [-0.2, -0.15) is 0 Å². The average Bonchev–Trinajstić information content (AvgIpc) is 2.37. The molecule has 0 fully saturated rings. The minimum absolute atomic E-state index is 0.0121. The first-order valence-corrected chi connectivity index (χ1v) is 6.59. The molecule has 0 radical (unpaired) electrons. The van der Waals surface area contributed by atoms with E-state index in [9.17, 15) is 9.18 Å². The summed E-state index contributed by atoms with van der Waals surface area (Å²) in [4.78, 5) is 13.8. The molecule has 1 aromatic carbocycles. The van der Waals surface area contributed by atoms with Gasteiger partial charge in [-0.25, -0.2) is 4.39 Å². The van der Waals surface area contributed by atoms with E-state index in [-0.39, 0.29) is 29.7 Å². The summed E-state index contributed by atoms with van der Waals surface area (Å²) in [5, 5.41) is 0. The first-order chi connectivity index (χ1) is 8.82. The van der Waals surface area contributed by atoms with Crippen LogP contribution >= 0.6 is 0 Å². The van der Waals surface area contributed by atoms with Crippen LogP contribution < -0.4 is 5.73 Å². The molecule has 0 heterocycles. The quantitative estimate of drug-likeness (QED) is 0.890. The molecule has 19 heavy (non-hydrogen) atoms. The lowest BCUT2D eigenvalue weighted by molar-refractivity contribution is -0.132. The highest BCUT2D eigenvalue weighted by molar-refractivity contribution is 5.77. The standard InChI is InChI=1S/C15H23FN2O/c1-10(2)14(17)9-15(19)18(4)11(3)12-5-7-13(16)8-6-12/h5-8,10-11,14H,9,17H2,1-4H3. The number of carbonyl (C=O) groups excluding carboxylic acids is 1. The second kappa shape index (κ2) is 6.66. The highest BCUT2D eigenvalue weighted by atomic mass is 19.1. The normalized spacial score (nSPS) is 14.3. The molecule has 0 spiro atoms. The summed E-state index contributed by atoms with van der Waals surface area (Å²) >= 11 is 0. The number of nitrogens with two attached hydrogens (primary N) is 1. The third-order valence-corrected chi connectivity index (χ3v) is 3.59. The molecule has 2 unspecified atom stereocenters. The molecule has 3 nitrogen and oxygen atoms in total. The predicted octanol–water partition coefficient (Wildman–Crippen LogP) is 2.72. The molecule has 0 saturated carbocycles. The van der Waals surface area contributed by atoms with Crippen molar-refractivity contribution in [2.45, 2.75) is 39.3 Å². The molecule has 0 aliphatic carbocycles. The van der Waals surface area contributed by atoms with Crippen molar-refractivity contribution in [3.8, 4) is 0 Å². The molecular formula is C15H23FN2O. The first kappa shape index (κ1) is 15.6. The molecule has 0 saturated heterocycles. The molecule has 1 rings (SSSR count). The van der Waals surface area contributed by atoms with Crippen LogP contribution in [0.15, 0.2) is 24.3 Å². The van der Waals surface area contributed by atoms with Gasteiger partial charge in [-0.15, -0.1) is 0 Å². The number of nitrogens with zero attached hydrogens (tertiary/aromatic N) is 1. The Bertz CT molecular complexity index is 417. The van der Waals surface area contributed by atoms with E-state index in [1.165, 1.54) is 12.1 Å². The van der Waals surface area contributed by atoms with Crippen LogP contribution in [0.5, 0.6) is 0 Å². The Hall–Kier alpha value is -1.42. The summed E-state index contributed by atoms with van der Waals surface area (Å²) in [7, 11) is 1.75. The van der Waals surface area contributed by atoms with Crippen molar-refractivity contribution in [1.29, 1.82) is 0 Å². The maximum absolute atomic E-state index is 12.9. The molecular weight excluding hydrogens is 243 g/mol. The van der Waals surface area contributed by atoms with Gasteiger partial charge in [-0.05, 0) is 30.5 Å².